The first-order valence-corrected chi connectivity index (χ1v) is 8.88. The molecule has 0 aromatic carbocycles. The van der Waals surface area contributed by atoms with Crippen LogP contribution in [0, 0.1) is 17.8 Å². The van der Waals surface area contributed by atoms with Gasteiger partial charge in [-0.15, -0.1) is 0 Å². The molecule has 0 amide bonds. The van der Waals surface area contributed by atoms with Crippen LogP contribution in [0.15, 0.2) is 34.1 Å². The molecule has 0 aromatic rings. The number of aliphatic hydroxyl groups is 3. The van der Waals surface area contributed by atoms with Crippen LogP contribution in [0.3, 0.4) is 0 Å². The average molecular weight is 320 g/mol. The molecule has 0 aromatic heterocycles. The number of rotatable bonds is 4. The molecular weight excluding hydrogens is 288 g/mol. The van der Waals surface area contributed by atoms with Gasteiger partial charge in [-0.2, -0.15) is 0 Å². The van der Waals surface area contributed by atoms with Gasteiger partial charge < -0.3 is 15.3 Å². The van der Waals surface area contributed by atoms with Gasteiger partial charge in [0.1, 0.15) is 18.0 Å². The third kappa shape index (κ3) is 3.56. The highest BCUT2D eigenvalue weighted by molar-refractivity contribution is 5.43. The van der Waals surface area contributed by atoms with E-state index in [1.807, 2.05) is 0 Å². The maximum absolute atomic E-state index is 10.7. The molecule has 23 heavy (non-hydrogen) atoms. The molecule has 0 aliphatic heterocycles. The summed E-state index contributed by atoms with van der Waals surface area (Å²) in [5.74, 6) is 0.907. The largest absolute Gasteiger partial charge is 0.509 e. The monoisotopic (exact) mass is 320 g/mol. The standard InChI is InChI=1S/C20H32O3/c1-11(2)7-6-8-12(3)15-10-9-13(4)16-17(15)18(21)14(5)19(22)20(16)23/h7,12-13,15,18,20-23H,6,8-10H2,1-5H3/t12-,13-,15+,18?,20?/m0/s1. The van der Waals surface area contributed by atoms with Crippen LogP contribution in [-0.2, 0) is 0 Å². The summed E-state index contributed by atoms with van der Waals surface area (Å²) in [6.45, 7) is 10.3. The van der Waals surface area contributed by atoms with Crippen LogP contribution in [0.5, 0.6) is 0 Å². The second-order valence-electron chi connectivity index (χ2n) is 7.71. The predicted octanol–water partition coefficient (Wildman–Crippen LogP) is 4.28. The van der Waals surface area contributed by atoms with E-state index in [-0.39, 0.29) is 11.7 Å². The van der Waals surface area contributed by atoms with E-state index in [0.29, 0.717) is 17.4 Å². The molecule has 2 rings (SSSR count). The van der Waals surface area contributed by atoms with Gasteiger partial charge in [-0.25, -0.2) is 0 Å². The first-order chi connectivity index (χ1) is 10.8. The fourth-order valence-corrected chi connectivity index (χ4v) is 4.19. The van der Waals surface area contributed by atoms with Crippen molar-refractivity contribution in [3.63, 3.8) is 0 Å². The van der Waals surface area contributed by atoms with E-state index in [4.69, 9.17) is 0 Å². The molecule has 2 aliphatic rings. The predicted molar refractivity (Wildman–Crippen MR) is 94.1 cm³/mol. The lowest BCUT2D eigenvalue weighted by molar-refractivity contribution is 0.119. The molecule has 0 radical (unpaired) electrons. The van der Waals surface area contributed by atoms with E-state index in [9.17, 15) is 15.3 Å². The van der Waals surface area contributed by atoms with E-state index >= 15 is 0 Å². The summed E-state index contributed by atoms with van der Waals surface area (Å²) in [4.78, 5) is 0. The lowest BCUT2D eigenvalue weighted by atomic mass is 9.65. The topological polar surface area (TPSA) is 60.7 Å². The third-order valence-electron chi connectivity index (χ3n) is 5.70. The van der Waals surface area contributed by atoms with Crippen molar-refractivity contribution >= 4 is 0 Å². The quantitative estimate of drug-likeness (QED) is 0.678. The fraction of sp³-hybridized carbons (Fsp3) is 0.700. The third-order valence-corrected chi connectivity index (χ3v) is 5.70. The fourth-order valence-electron chi connectivity index (χ4n) is 4.19. The van der Waals surface area contributed by atoms with E-state index in [1.165, 1.54) is 5.57 Å². The summed E-state index contributed by atoms with van der Waals surface area (Å²) in [6, 6.07) is 0. The van der Waals surface area contributed by atoms with Crippen LogP contribution in [0.1, 0.15) is 60.3 Å². The second kappa shape index (κ2) is 7.23. The van der Waals surface area contributed by atoms with Gasteiger partial charge >= 0.3 is 0 Å². The van der Waals surface area contributed by atoms with E-state index in [0.717, 1.165) is 36.8 Å². The molecule has 0 saturated carbocycles. The average Bonchev–Trinajstić information content (AvgIpc) is 2.49. The number of hydrogen-bond acceptors (Lipinski definition) is 3. The SMILES string of the molecule is CC(C)=CCC[C@H](C)[C@H]1CC[C@H](C)C2=C1C(O)C(C)=C(O)C2O. The Morgan fingerprint density at radius 2 is 1.83 bits per heavy atom. The smallest absolute Gasteiger partial charge is 0.132 e. The summed E-state index contributed by atoms with van der Waals surface area (Å²) in [5, 5.41) is 31.3. The Labute approximate surface area is 140 Å². The lowest BCUT2D eigenvalue weighted by Crippen LogP contribution is -2.39. The molecular formula is C20H32O3. The molecule has 0 saturated heterocycles. The highest BCUT2D eigenvalue weighted by Gasteiger charge is 2.42. The minimum atomic E-state index is -0.934. The molecule has 2 aliphatic carbocycles. The van der Waals surface area contributed by atoms with Gasteiger partial charge in [0, 0.05) is 0 Å². The van der Waals surface area contributed by atoms with Crippen molar-refractivity contribution in [2.45, 2.75) is 72.5 Å². The zero-order chi connectivity index (χ0) is 17.3. The molecule has 0 heterocycles. The highest BCUT2D eigenvalue weighted by Crippen LogP contribution is 2.46. The van der Waals surface area contributed by atoms with Gasteiger partial charge in [-0.1, -0.05) is 25.5 Å². The Hall–Kier alpha value is -1.06. The van der Waals surface area contributed by atoms with Crippen molar-refractivity contribution in [2.24, 2.45) is 17.8 Å². The lowest BCUT2D eigenvalue weighted by Gasteiger charge is -2.42. The van der Waals surface area contributed by atoms with Crippen molar-refractivity contribution in [1.29, 1.82) is 0 Å². The van der Waals surface area contributed by atoms with Crippen molar-refractivity contribution in [2.75, 3.05) is 0 Å². The summed E-state index contributed by atoms with van der Waals surface area (Å²) in [7, 11) is 0. The molecule has 5 atom stereocenters. The maximum Gasteiger partial charge on any atom is 0.132 e. The summed E-state index contributed by atoms with van der Waals surface area (Å²) < 4.78 is 0. The van der Waals surface area contributed by atoms with Gasteiger partial charge in [-0.3, -0.25) is 0 Å². The van der Waals surface area contributed by atoms with Crippen molar-refractivity contribution in [3.05, 3.63) is 34.1 Å². The summed E-state index contributed by atoms with van der Waals surface area (Å²) in [5.41, 5.74) is 3.69. The van der Waals surface area contributed by atoms with Crippen LogP contribution in [0.25, 0.3) is 0 Å². The Balaban J connectivity index is 2.28. The Morgan fingerprint density at radius 3 is 2.43 bits per heavy atom. The normalized spacial score (nSPS) is 32.7. The Kier molecular flexibility index (Phi) is 5.74. The van der Waals surface area contributed by atoms with Gasteiger partial charge in [0.15, 0.2) is 0 Å². The second-order valence-corrected chi connectivity index (χ2v) is 7.71. The summed E-state index contributed by atoms with van der Waals surface area (Å²) >= 11 is 0. The molecule has 3 nitrogen and oxygen atoms in total. The summed E-state index contributed by atoms with van der Waals surface area (Å²) in [6.07, 6.45) is 4.78. The number of aliphatic hydroxyl groups excluding tert-OH is 3. The minimum absolute atomic E-state index is 0.0547. The first-order valence-electron chi connectivity index (χ1n) is 8.88. The van der Waals surface area contributed by atoms with Crippen LogP contribution < -0.4 is 0 Å². The number of hydrogen-bond donors (Lipinski definition) is 3. The van der Waals surface area contributed by atoms with Crippen LogP contribution >= 0.6 is 0 Å². The van der Waals surface area contributed by atoms with E-state index in [1.54, 1.807) is 6.92 Å². The van der Waals surface area contributed by atoms with Gasteiger partial charge in [0.2, 0.25) is 0 Å². The molecule has 0 fully saturated rings. The maximum atomic E-state index is 10.7. The Bertz CT molecular complexity index is 537. The van der Waals surface area contributed by atoms with Crippen molar-refractivity contribution in [1.82, 2.24) is 0 Å². The van der Waals surface area contributed by atoms with Crippen LogP contribution in [0.4, 0.5) is 0 Å². The van der Waals surface area contributed by atoms with Crippen molar-refractivity contribution in [3.8, 4) is 0 Å². The minimum Gasteiger partial charge on any atom is -0.509 e. The van der Waals surface area contributed by atoms with Gasteiger partial charge in [0.05, 0.1) is 0 Å². The molecule has 2 unspecified atom stereocenters. The van der Waals surface area contributed by atoms with Gasteiger partial charge in [0.25, 0.3) is 0 Å². The van der Waals surface area contributed by atoms with E-state index in [2.05, 4.69) is 33.8 Å². The molecule has 3 heteroatoms. The zero-order valence-electron chi connectivity index (χ0n) is 15.1. The molecule has 130 valence electrons. The van der Waals surface area contributed by atoms with Crippen LogP contribution in [0.2, 0.25) is 0 Å². The van der Waals surface area contributed by atoms with Crippen molar-refractivity contribution < 1.29 is 15.3 Å². The first kappa shape index (κ1) is 18.3. The van der Waals surface area contributed by atoms with Gasteiger partial charge in [-0.05, 0) is 80.9 Å². The molecule has 0 bridgehead atoms. The number of allylic oxidation sites excluding steroid dienone is 2. The Morgan fingerprint density at radius 1 is 1.17 bits per heavy atom. The van der Waals surface area contributed by atoms with E-state index < -0.39 is 12.2 Å². The molecule has 3 N–H and O–H groups in total. The zero-order valence-corrected chi connectivity index (χ0v) is 15.1. The highest BCUT2D eigenvalue weighted by atomic mass is 16.3. The van der Waals surface area contributed by atoms with Crippen LogP contribution in [-0.4, -0.2) is 27.5 Å². The molecule has 0 spiro atoms.